The van der Waals surface area contributed by atoms with E-state index in [1.807, 2.05) is 11.4 Å². The topological polar surface area (TPSA) is 43.4 Å². The van der Waals surface area contributed by atoms with E-state index < -0.39 is 11.9 Å². The third kappa shape index (κ3) is 2.04. The lowest BCUT2D eigenvalue weighted by Gasteiger charge is -2.17. The zero-order valence-corrected chi connectivity index (χ0v) is 9.56. The van der Waals surface area contributed by atoms with Crippen LogP contribution in [0.1, 0.15) is 23.6 Å². The largest absolute Gasteiger partial charge is 0.393 e. The van der Waals surface area contributed by atoms with Crippen molar-refractivity contribution in [1.82, 2.24) is 0 Å². The summed E-state index contributed by atoms with van der Waals surface area (Å²) in [5.74, 6) is -0.841. The lowest BCUT2D eigenvalue weighted by molar-refractivity contribution is -0.163. The molecule has 74 valence electrons. The fraction of sp³-hybridized carbons (Fsp3) is 0.333. The number of rotatable bonds is 1. The van der Waals surface area contributed by atoms with Gasteiger partial charge in [0.1, 0.15) is 0 Å². The maximum Gasteiger partial charge on any atom is 0.314 e. The molecule has 0 atom stereocenters. The van der Waals surface area contributed by atoms with E-state index in [0.717, 1.165) is 9.35 Å². The Balaban J connectivity index is 2.18. The molecule has 3 nitrogen and oxygen atoms in total. The van der Waals surface area contributed by atoms with E-state index in [1.165, 1.54) is 0 Å². The van der Waals surface area contributed by atoms with Crippen molar-refractivity contribution in [3.8, 4) is 0 Å². The van der Waals surface area contributed by atoms with Gasteiger partial charge in [0.05, 0.1) is 12.8 Å². The minimum atomic E-state index is -0.421. The predicted octanol–water partition coefficient (Wildman–Crippen LogP) is 2.46. The van der Waals surface area contributed by atoms with Crippen molar-refractivity contribution in [2.24, 2.45) is 0 Å². The lowest BCUT2D eigenvalue weighted by atomic mass is 9.98. The van der Waals surface area contributed by atoms with Gasteiger partial charge in [0, 0.05) is 20.6 Å². The van der Waals surface area contributed by atoms with E-state index in [4.69, 9.17) is 0 Å². The molecule has 0 N–H and O–H groups in total. The number of carbonyl (C=O) groups excluding carboxylic acids is 2. The van der Waals surface area contributed by atoms with Crippen molar-refractivity contribution in [3.63, 3.8) is 0 Å². The first-order chi connectivity index (χ1) is 6.65. The second kappa shape index (κ2) is 3.82. The summed E-state index contributed by atoms with van der Waals surface area (Å²) < 4.78 is 5.45. The molecule has 1 aliphatic heterocycles. The molecule has 2 rings (SSSR count). The van der Waals surface area contributed by atoms with E-state index in [9.17, 15) is 9.59 Å². The summed E-state index contributed by atoms with van der Waals surface area (Å²) in [4.78, 5) is 23.1. The molecule has 1 aromatic heterocycles. The summed E-state index contributed by atoms with van der Waals surface area (Å²) in [5, 5.41) is 1.94. The van der Waals surface area contributed by atoms with Gasteiger partial charge in [0.15, 0.2) is 0 Å². The lowest BCUT2D eigenvalue weighted by Crippen LogP contribution is -2.23. The normalized spacial score (nSPS) is 18.4. The average Bonchev–Trinajstić information content (AvgIpc) is 2.50. The van der Waals surface area contributed by atoms with Gasteiger partial charge in [0.25, 0.3) is 0 Å². The standard InChI is InChI=1S/C9H7BrO3S/c10-6-3-7(14-4-6)5-1-8(11)13-9(12)2-5/h3-5H,1-2H2. The van der Waals surface area contributed by atoms with Crippen molar-refractivity contribution in [2.75, 3.05) is 0 Å². The highest BCUT2D eigenvalue weighted by atomic mass is 79.9. The Morgan fingerprint density at radius 2 is 2.00 bits per heavy atom. The average molecular weight is 275 g/mol. The smallest absolute Gasteiger partial charge is 0.314 e. The SMILES string of the molecule is O=C1CC(c2cc(Br)cs2)CC(=O)O1. The highest BCUT2D eigenvalue weighted by molar-refractivity contribution is 9.10. The maximum absolute atomic E-state index is 11.0. The Morgan fingerprint density at radius 1 is 1.36 bits per heavy atom. The number of ether oxygens (including phenoxy) is 1. The molecular formula is C9H7BrO3S. The van der Waals surface area contributed by atoms with E-state index in [-0.39, 0.29) is 5.92 Å². The zero-order valence-electron chi connectivity index (χ0n) is 7.16. The van der Waals surface area contributed by atoms with Crippen LogP contribution in [0.15, 0.2) is 15.9 Å². The molecule has 1 aromatic rings. The van der Waals surface area contributed by atoms with Crippen molar-refractivity contribution < 1.29 is 14.3 Å². The van der Waals surface area contributed by atoms with Crippen LogP contribution in [0.2, 0.25) is 0 Å². The molecule has 1 fully saturated rings. The molecule has 0 bridgehead atoms. The first-order valence-electron chi connectivity index (χ1n) is 4.12. The van der Waals surface area contributed by atoms with Crippen LogP contribution >= 0.6 is 27.3 Å². The molecule has 0 saturated carbocycles. The minimum Gasteiger partial charge on any atom is -0.393 e. The molecule has 0 aromatic carbocycles. The molecule has 1 saturated heterocycles. The summed E-state index contributed by atoms with van der Waals surface area (Å²) in [5.41, 5.74) is 0. The van der Waals surface area contributed by atoms with E-state index in [1.54, 1.807) is 11.3 Å². The molecule has 0 aliphatic carbocycles. The van der Waals surface area contributed by atoms with Gasteiger partial charge >= 0.3 is 11.9 Å². The van der Waals surface area contributed by atoms with Crippen molar-refractivity contribution in [2.45, 2.75) is 18.8 Å². The Labute approximate surface area is 93.2 Å². The van der Waals surface area contributed by atoms with Crippen LogP contribution in [0.5, 0.6) is 0 Å². The summed E-state index contributed by atoms with van der Waals surface area (Å²) >= 11 is 4.89. The maximum atomic E-state index is 11.0. The third-order valence-corrected chi connectivity index (χ3v) is 3.90. The van der Waals surface area contributed by atoms with Crippen LogP contribution in [0.3, 0.4) is 0 Å². The fourth-order valence-corrected chi connectivity index (χ4v) is 2.98. The van der Waals surface area contributed by atoms with Gasteiger partial charge in [-0.2, -0.15) is 0 Å². The Hall–Kier alpha value is -0.680. The first kappa shape index (κ1) is 9.86. The number of hydrogen-bond acceptors (Lipinski definition) is 4. The summed E-state index contributed by atoms with van der Waals surface area (Å²) in [6, 6.07) is 1.95. The number of carbonyl (C=O) groups is 2. The van der Waals surface area contributed by atoms with Crippen LogP contribution in [0, 0.1) is 0 Å². The molecule has 0 spiro atoms. The number of thiophene rings is 1. The van der Waals surface area contributed by atoms with Gasteiger partial charge in [0.2, 0.25) is 0 Å². The molecule has 2 heterocycles. The number of esters is 2. The Kier molecular flexibility index (Phi) is 2.69. The minimum absolute atomic E-state index is 0.0000463. The quantitative estimate of drug-likeness (QED) is 0.584. The Bertz CT molecular complexity index is 369. The molecule has 0 amide bonds. The second-order valence-electron chi connectivity index (χ2n) is 3.12. The molecule has 5 heteroatoms. The van der Waals surface area contributed by atoms with Gasteiger partial charge in [-0.25, -0.2) is 0 Å². The van der Waals surface area contributed by atoms with Crippen molar-refractivity contribution in [3.05, 3.63) is 20.8 Å². The first-order valence-corrected chi connectivity index (χ1v) is 5.80. The van der Waals surface area contributed by atoms with Crippen LogP contribution in [0.4, 0.5) is 0 Å². The number of hydrogen-bond donors (Lipinski definition) is 0. The summed E-state index contributed by atoms with van der Waals surface area (Å²) in [6.07, 6.45) is 0.609. The molecule has 1 aliphatic rings. The van der Waals surface area contributed by atoms with E-state index in [2.05, 4.69) is 20.7 Å². The molecule has 0 unspecified atom stereocenters. The number of cyclic esters (lactones) is 2. The van der Waals surface area contributed by atoms with Crippen molar-refractivity contribution in [1.29, 1.82) is 0 Å². The predicted molar refractivity (Wildman–Crippen MR) is 55.1 cm³/mol. The van der Waals surface area contributed by atoms with Crippen LogP contribution in [-0.4, -0.2) is 11.9 Å². The van der Waals surface area contributed by atoms with Gasteiger partial charge < -0.3 is 4.74 Å². The highest BCUT2D eigenvalue weighted by Gasteiger charge is 2.29. The van der Waals surface area contributed by atoms with Crippen molar-refractivity contribution >= 4 is 39.2 Å². The van der Waals surface area contributed by atoms with Crippen LogP contribution < -0.4 is 0 Å². The fourth-order valence-electron chi connectivity index (χ4n) is 1.43. The van der Waals surface area contributed by atoms with Crippen LogP contribution in [0.25, 0.3) is 0 Å². The van der Waals surface area contributed by atoms with Gasteiger partial charge in [-0.1, -0.05) is 0 Å². The van der Waals surface area contributed by atoms with E-state index in [0.29, 0.717) is 12.8 Å². The highest BCUT2D eigenvalue weighted by Crippen LogP contribution is 2.33. The van der Waals surface area contributed by atoms with Gasteiger partial charge in [-0.05, 0) is 22.0 Å². The molecule has 14 heavy (non-hydrogen) atoms. The third-order valence-electron chi connectivity index (χ3n) is 2.04. The van der Waals surface area contributed by atoms with Crippen LogP contribution in [-0.2, 0) is 14.3 Å². The summed E-state index contributed by atoms with van der Waals surface area (Å²) in [6.45, 7) is 0. The van der Waals surface area contributed by atoms with Gasteiger partial charge in [-0.3, -0.25) is 9.59 Å². The van der Waals surface area contributed by atoms with E-state index >= 15 is 0 Å². The van der Waals surface area contributed by atoms with Gasteiger partial charge in [-0.15, -0.1) is 11.3 Å². The monoisotopic (exact) mass is 274 g/mol. The number of halogens is 1. The zero-order chi connectivity index (χ0) is 10.1. The second-order valence-corrected chi connectivity index (χ2v) is 4.98. The molecular weight excluding hydrogens is 268 g/mol. The Morgan fingerprint density at radius 3 is 2.50 bits per heavy atom. The summed E-state index contributed by atoms with van der Waals surface area (Å²) in [7, 11) is 0. The molecule has 0 radical (unpaired) electrons.